The van der Waals surface area contributed by atoms with Crippen LogP contribution < -0.4 is 4.74 Å². The number of fused-ring (bicyclic) bond motifs is 3. The van der Waals surface area contributed by atoms with Crippen LogP contribution in [0.5, 0.6) is 5.75 Å². The van der Waals surface area contributed by atoms with Gasteiger partial charge >= 0.3 is 0 Å². The molecule has 0 aliphatic heterocycles. The van der Waals surface area contributed by atoms with Crippen molar-refractivity contribution < 1.29 is 4.74 Å². The van der Waals surface area contributed by atoms with Crippen LogP contribution in [0, 0.1) is 0 Å². The van der Waals surface area contributed by atoms with Gasteiger partial charge in [-0.1, -0.05) is 54.6 Å². The van der Waals surface area contributed by atoms with Crippen molar-refractivity contribution in [1.29, 1.82) is 0 Å². The summed E-state index contributed by atoms with van der Waals surface area (Å²) >= 11 is 0. The number of benzene rings is 4. The summed E-state index contributed by atoms with van der Waals surface area (Å²) in [7, 11) is 1.68. The van der Waals surface area contributed by atoms with Crippen molar-refractivity contribution in [3.63, 3.8) is 0 Å². The third kappa shape index (κ3) is 3.70. The third-order valence-corrected chi connectivity index (χ3v) is 6.83. The Kier molecular flexibility index (Phi) is 4.96. The lowest BCUT2D eigenvalue weighted by atomic mass is 9.99. The maximum absolute atomic E-state index is 5.33. The highest BCUT2D eigenvalue weighted by molar-refractivity contribution is 6.01. The number of para-hydroxylation sites is 2. The Balaban J connectivity index is 1.42. The Morgan fingerprint density at radius 1 is 0.838 bits per heavy atom. The minimum atomic E-state index is 0.635. The third-order valence-electron chi connectivity index (χ3n) is 6.83. The molecule has 0 atom stereocenters. The van der Waals surface area contributed by atoms with E-state index in [2.05, 4.69) is 58.5 Å². The highest BCUT2D eigenvalue weighted by atomic mass is 16.5. The van der Waals surface area contributed by atoms with Gasteiger partial charge in [0.1, 0.15) is 11.4 Å². The largest absolute Gasteiger partial charge is 0.497 e. The van der Waals surface area contributed by atoms with Crippen molar-refractivity contribution in [3.05, 3.63) is 109 Å². The van der Waals surface area contributed by atoms with E-state index in [1.807, 2.05) is 59.5 Å². The molecular formula is C31H23N5O. The molecular weight excluding hydrogens is 458 g/mol. The van der Waals surface area contributed by atoms with Gasteiger partial charge in [0.05, 0.1) is 30.2 Å². The number of rotatable bonds is 5. The van der Waals surface area contributed by atoms with Gasteiger partial charge in [0.2, 0.25) is 0 Å². The first-order chi connectivity index (χ1) is 18.3. The van der Waals surface area contributed by atoms with E-state index in [1.165, 1.54) is 5.39 Å². The number of methoxy groups -OCH3 is 1. The molecule has 0 fully saturated rings. The van der Waals surface area contributed by atoms with Crippen LogP contribution in [0.1, 0.15) is 5.56 Å². The number of hydrogen-bond acceptors (Lipinski definition) is 4. The number of nitrogens with one attached hydrogen (secondary N) is 1. The Morgan fingerprint density at radius 2 is 1.68 bits per heavy atom. The van der Waals surface area contributed by atoms with E-state index in [0.29, 0.717) is 6.54 Å². The number of ether oxygens (including phenoxy) is 1. The summed E-state index contributed by atoms with van der Waals surface area (Å²) in [5.74, 6) is 1.60. The van der Waals surface area contributed by atoms with Gasteiger partial charge in [0.25, 0.3) is 0 Å². The van der Waals surface area contributed by atoms with Crippen molar-refractivity contribution in [2.45, 2.75) is 6.54 Å². The van der Waals surface area contributed by atoms with Crippen LogP contribution in [0.2, 0.25) is 0 Å². The second-order valence-electron chi connectivity index (χ2n) is 9.10. The first kappa shape index (κ1) is 21.3. The molecule has 4 aromatic carbocycles. The topological polar surface area (TPSA) is 68.6 Å². The van der Waals surface area contributed by atoms with Gasteiger partial charge in [0, 0.05) is 28.7 Å². The van der Waals surface area contributed by atoms with E-state index in [0.717, 1.165) is 61.3 Å². The Labute approximate surface area is 213 Å². The van der Waals surface area contributed by atoms with Crippen LogP contribution in [0.4, 0.5) is 0 Å². The standard InChI is InChI=1S/C31H23N5O/c1-37-23-13-10-20(11-14-23)19-36-29-15-12-21(26-18-32-17-22-6-2-3-7-24(22)26)16-25(29)30(35-36)31-33-27-8-4-5-9-28(27)34-31/h2-18H,19H2,1H3,(H,33,34). The van der Waals surface area contributed by atoms with Gasteiger partial charge in [-0.25, -0.2) is 4.98 Å². The summed E-state index contributed by atoms with van der Waals surface area (Å²) in [5, 5.41) is 8.40. The molecule has 6 heteroatoms. The average molecular weight is 482 g/mol. The molecule has 0 radical (unpaired) electrons. The number of pyridine rings is 1. The Hall–Kier alpha value is -4.97. The van der Waals surface area contributed by atoms with Crippen molar-refractivity contribution in [2.75, 3.05) is 7.11 Å². The smallest absolute Gasteiger partial charge is 0.159 e. The summed E-state index contributed by atoms with van der Waals surface area (Å²) in [6.07, 6.45) is 3.84. The summed E-state index contributed by atoms with van der Waals surface area (Å²) in [4.78, 5) is 12.8. The molecule has 0 spiro atoms. The zero-order chi connectivity index (χ0) is 24.8. The average Bonchev–Trinajstić information content (AvgIpc) is 3.54. The van der Waals surface area contributed by atoms with E-state index in [9.17, 15) is 0 Å². The SMILES string of the molecule is COc1ccc(Cn2nc(-c3nc4ccccc4[nH]3)c3cc(-c4cncc5ccccc45)ccc32)cc1. The monoisotopic (exact) mass is 481 g/mol. The molecule has 0 saturated heterocycles. The first-order valence-electron chi connectivity index (χ1n) is 12.2. The fourth-order valence-electron chi connectivity index (χ4n) is 4.96. The van der Waals surface area contributed by atoms with Gasteiger partial charge in [-0.2, -0.15) is 5.10 Å². The van der Waals surface area contributed by atoms with Crippen LogP contribution in [-0.2, 0) is 6.54 Å². The molecule has 6 nitrogen and oxygen atoms in total. The molecule has 178 valence electrons. The zero-order valence-electron chi connectivity index (χ0n) is 20.2. The predicted octanol–water partition coefficient (Wildman–Crippen LogP) is 6.85. The van der Waals surface area contributed by atoms with Crippen LogP contribution in [0.25, 0.3) is 55.4 Å². The Morgan fingerprint density at radius 3 is 2.54 bits per heavy atom. The number of H-pyrrole nitrogens is 1. The summed E-state index contributed by atoms with van der Waals surface area (Å²) in [5.41, 5.74) is 7.12. The quantitative estimate of drug-likeness (QED) is 0.292. The molecule has 7 rings (SSSR count). The molecule has 0 unspecified atom stereocenters. The molecule has 0 amide bonds. The van der Waals surface area contributed by atoms with Gasteiger partial charge in [-0.3, -0.25) is 9.67 Å². The van der Waals surface area contributed by atoms with Crippen LogP contribution in [-0.4, -0.2) is 31.8 Å². The predicted molar refractivity (Wildman–Crippen MR) is 148 cm³/mol. The molecule has 37 heavy (non-hydrogen) atoms. The van der Waals surface area contributed by atoms with Gasteiger partial charge in [-0.15, -0.1) is 0 Å². The number of imidazole rings is 1. The molecule has 0 aliphatic rings. The highest BCUT2D eigenvalue weighted by Crippen LogP contribution is 2.34. The fourth-order valence-corrected chi connectivity index (χ4v) is 4.96. The number of hydrogen-bond donors (Lipinski definition) is 1. The Bertz CT molecular complexity index is 1860. The van der Waals surface area contributed by atoms with E-state index < -0.39 is 0 Å². The van der Waals surface area contributed by atoms with Crippen molar-refractivity contribution >= 4 is 32.7 Å². The van der Waals surface area contributed by atoms with Gasteiger partial charge in [-0.05, 0) is 52.9 Å². The van der Waals surface area contributed by atoms with E-state index in [4.69, 9.17) is 14.8 Å². The number of nitrogens with zero attached hydrogens (tertiary/aromatic N) is 4. The van der Waals surface area contributed by atoms with Crippen LogP contribution >= 0.6 is 0 Å². The van der Waals surface area contributed by atoms with Crippen LogP contribution in [0.3, 0.4) is 0 Å². The molecule has 0 aliphatic carbocycles. The van der Waals surface area contributed by atoms with Gasteiger partial charge in [0.15, 0.2) is 5.82 Å². The fraction of sp³-hybridized carbons (Fsp3) is 0.0645. The van der Waals surface area contributed by atoms with E-state index >= 15 is 0 Å². The van der Waals surface area contributed by atoms with E-state index in [1.54, 1.807) is 7.11 Å². The summed E-state index contributed by atoms with van der Waals surface area (Å²) in [6, 6.07) is 31.0. The lowest BCUT2D eigenvalue weighted by molar-refractivity contribution is 0.414. The van der Waals surface area contributed by atoms with Crippen molar-refractivity contribution in [1.82, 2.24) is 24.7 Å². The maximum Gasteiger partial charge on any atom is 0.159 e. The van der Waals surface area contributed by atoms with Crippen LogP contribution in [0.15, 0.2) is 103 Å². The molecule has 3 heterocycles. The molecule has 0 saturated carbocycles. The van der Waals surface area contributed by atoms with Crippen molar-refractivity contribution in [2.24, 2.45) is 0 Å². The summed E-state index contributed by atoms with van der Waals surface area (Å²) < 4.78 is 7.37. The minimum Gasteiger partial charge on any atom is -0.497 e. The van der Waals surface area contributed by atoms with E-state index in [-0.39, 0.29) is 0 Å². The normalized spacial score (nSPS) is 11.5. The molecule has 0 bridgehead atoms. The first-order valence-corrected chi connectivity index (χ1v) is 12.2. The zero-order valence-corrected chi connectivity index (χ0v) is 20.2. The second-order valence-corrected chi connectivity index (χ2v) is 9.10. The second kappa shape index (κ2) is 8.60. The minimum absolute atomic E-state index is 0.635. The lowest BCUT2D eigenvalue weighted by Gasteiger charge is -2.08. The summed E-state index contributed by atoms with van der Waals surface area (Å²) in [6.45, 7) is 0.635. The number of aromatic amines is 1. The number of aromatic nitrogens is 5. The van der Waals surface area contributed by atoms with Crippen molar-refractivity contribution in [3.8, 4) is 28.4 Å². The highest BCUT2D eigenvalue weighted by Gasteiger charge is 2.18. The molecule has 3 aromatic heterocycles. The lowest BCUT2D eigenvalue weighted by Crippen LogP contribution is -2.02. The maximum atomic E-state index is 5.33. The molecule has 1 N–H and O–H groups in total. The molecule has 7 aromatic rings. The van der Waals surface area contributed by atoms with Gasteiger partial charge < -0.3 is 9.72 Å².